The van der Waals surface area contributed by atoms with Crippen LogP contribution in [-0.4, -0.2) is 42.0 Å². The Bertz CT molecular complexity index is 693. The molecule has 0 radical (unpaired) electrons. The number of hydrogen-bond acceptors (Lipinski definition) is 3. The Hall–Kier alpha value is -1.99. The van der Waals surface area contributed by atoms with Crippen molar-refractivity contribution in [3.63, 3.8) is 0 Å². The molecule has 0 atom stereocenters. The third kappa shape index (κ3) is 3.80. The Morgan fingerprint density at radius 3 is 2.82 bits per heavy atom. The average Bonchev–Trinajstić information content (AvgIpc) is 2.74. The van der Waals surface area contributed by atoms with Gasteiger partial charge in [-0.05, 0) is 18.3 Å². The fraction of sp³-hybridized carbons (Fsp3) is 0.400. The Kier molecular flexibility index (Phi) is 5.46. The summed E-state index contributed by atoms with van der Waals surface area (Å²) >= 11 is 5.14. The van der Waals surface area contributed by atoms with E-state index in [-0.39, 0.29) is 5.88 Å². The lowest BCUT2D eigenvalue weighted by Gasteiger charge is -2.07. The Morgan fingerprint density at radius 1 is 1.36 bits per heavy atom. The van der Waals surface area contributed by atoms with Crippen molar-refractivity contribution in [3.8, 4) is 5.88 Å². The highest BCUT2D eigenvalue weighted by Crippen LogP contribution is 2.37. The second-order valence-corrected chi connectivity index (χ2v) is 5.88. The molecule has 1 aromatic carbocycles. The van der Waals surface area contributed by atoms with Crippen molar-refractivity contribution in [1.29, 1.82) is 0 Å². The molecule has 118 valence electrons. The fourth-order valence-corrected chi connectivity index (χ4v) is 2.37. The van der Waals surface area contributed by atoms with Crippen LogP contribution in [0.3, 0.4) is 0 Å². The minimum Gasteiger partial charge on any atom is -0.493 e. The van der Waals surface area contributed by atoms with E-state index in [0.29, 0.717) is 10.8 Å². The Balaban J connectivity index is 2.04. The number of aromatic hydroxyl groups is 1. The predicted octanol–water partition coefficient (Wildman–Crippen LogP) is 1.38. The minimum atomic E-state index is 0.0870. The second kappa shape index (κ2) is 7.33. The van der Waals surface area contributed by atoms with E-state index in [9.17, 15) is 5.11 Å². The van der Waals surface area contributed by atoms with Crippen LogP contribution in [0.25, 0.3) is 10.9 Å². The van der Waals surface area contributed by atoms with E-state index in [2.05, 4.69) is 29.6 Å². The van der Waals surface area contributed by atoms with Gasteiger partial charge in [0.1, 0.15) is 0 Å². The second-order valence-electron chi connectivity index (χ2n) is 5.49. The van der Waals surface area contributed by atoms with Gasteiger partial charge in [0.15, 0.2) is 5.69 Å². The van der Waals surface area contributed by atoms with Crippen LogP contribution in [0.5, 0.6) is 5.88 Å². The van der Waals surface area contributed by atoms with Gasteiger partial charge in [0, 0.05) is 25.4 Å². The number of azo groups is 1. The normalized spacial score (nSPS) is 11.6. The molecule has 0 aliphatic carbocycles. The lowest BCUT2D eigenvalue weighted by atomic mass is 10.2. The van der Waals surface area contributed by atoms with E-state index in [0.717, 1.165) is 30.4 Å². The van der Waals surface area contributed by atoms with Crippen molar-refractivity contribution < 1.29 is 10.0 Å². The van der Waals surface area contributed by atoms with Gasteiger partial charge in [0.05, 0.1) is 26.2 Å². The van der Waals surface area contributed by atoms with Gasteiger partial charge in [0.25, 0.3) is 0 Å². The molecular formula is C15H22N5OS+. The average molecular weight is 320 g/mol. The number of benzene rings is 1. The number of aromatic nitrogens is 1. The third-order valence-corrected chi connectivity index (χ3v) is 3.65. The van der Waals surface area contributed by atoms with Crippen molar-refractivity contribution in [2.24, 2.45) is 17.3 Å². The number of fused-ring (bicyclic) bond motifs is 1. The lowest BCUT2D eigenvalue weighted by molar-refractivity contribution is -0.858. The number of aryl methyl sites for hydroxylation is 1. The minimum absolute atomic E-state index is 0.0870. The zero-order chi connectivity index (χ0) is 16.1. The first kappa shape index (κ1) is 16.4. The van der Waals surface area contributed by atoms with Crippen LogP contribution in [-0.2, 0) is 7.05 Å². The van der Waals surface area contributed by atoms with Gasteiger partial charge < -0.3 is 19.9 Å². The first-order valence-electron chi connectivity index (χ1n) is 7.25. The summed E-state index contributed by atoms with van der Waals surface area (Å²) in [6.45, 7) is 1.83. The molecule has 3 N–H and O–H groups in total. The molecule has 2 aromatic rings. The van der Waals surface area contributed by atoms with Crippen LogP contribution in [0, 0.1) is 0 Å². The molecule has 0 bridgehead atoms. The maximum Gasteiger partial charge on any atom is 0.220 e. The maximum absolute atomic E-state index is 10.2. The zero-order valence-corrected chi connectivity index (χ0v) is 13.9. The van der Waals surface area contributed by atoms with Crippen LogP contribution >= 0.6 is 12.2 Å². The van der Waals surface area contributed by atoms with E-state index in [4.69, 9.17) is 12.2 Å². The largest absolute Gasteiger partial charge is 0.493 e. The van der Waals surface area contributed by atoms with E-state index in [1.807, 2.05) is 24.3 Å². The molecule has 6 nitrogen and oxygen atoms in total. The number of para-hydroxylation sites is 1. The smallest absolute Gasteiger partial charge is 0.220 e. The van der Waals surface area contributed by atoms with Crippen molar-refractivity contribution in [2.45, 2.75) is 6.42 Å². The lowest BCUT2D eigenvalue weighted by Crippen LogP contribution is -3.05. The van der Waals surface area contributed by atoms with Gasteiger partial charge in [-0.2, -0.15) is 0 Å². The molecule has 0 spiro atoms. The monoisotopic (exact) mass is 320 g/mol. The first-order chi connectivity index (χ1) is 10.5. The van der Waals surface area contributed by atoms with Gasteiger partial charge in [-0.1, -0.05) is 18.2 Å². The molecule has 0 aliphatic rings. The summed E-state index contributed by atoms with van der Waals surface area (Å²) in [5.41, 5.74) is 1.35. The topological polar surface area (TPSA) is 66.3 Å². The highest BCUT2D eigenvalue weighted by molar-refractivity contribution is 7.80. The molecule has 0 unspecified atom stereocenters. The molecule has 1 aromatic heterocycles. The molecule has 2 rings (SSSR count). The summed E-state index contributed by atoms with van der Waals surface area (Å²) < 4.78 is 1.68. The van der Waals surface area contributed by atoms with Crippen LogP contribution in [0.15, 0.2) is 34.5 Å². The molecule has 7 heteroatoms. The summed E-state index contributed by atoms with van der Waals surface area (Å²) in [7, 11) is 6.01. The van der Waals surface area contributed by atoms with Gasteiger partial charge >= 0.3 is 0 Å². The van der Waals surface area contributed by atoms with E-state index >= 15 is 0 Å². The SMILES string of the molecule is Cn1c(O)c(N=NC(=S)NCCC[NH+](C)C)c2ccccc21. The van der Waals surface area contributed by atoms with Crippen molar-refractivity contribution >= 4 is 33.9 Å². The molecule has 0 fully saturated rings. The summed E-state index contributed by atoms with van der Waals surface area (Å²) in [5.74, 6) is 0.0870. The van der Waals surface area contributed by atoms with Crippen molar-refractivity contribution in [3.05, 3.63) is 24.3 Å². The maximum atomic E-state index is 10.2. The molecule has 0 saturated heterocycles. The predicted molar refractivity (Wildman–Crippen MR) is 92.0 cm³/mol. The van der Waals surface area contributed by atoms with Crippen LogP contribution in [0.2, 0.25) is 0 Å². The van der Waals surface area contributed by atoms with E-state index in [1.54, 1.807) is 11.6 Å². The number of thiocarbonyl (C=S) groups is 1. The Morgan fingerprint density at radius 2 is 2.09 bits per heavy atom. The summed E-state index contributed by atoms with van der Waals surface area (Å²) in [6, 6.07) is 7.65. The number of rotatable bonds is 5. The first-order valence-corrected chi connectivity index (χ1v) is 7.66. The summed E-state index contributed by atoms with van der Waals surface area (Å²) in [5, 5.41) is 22.5. The summed E-state index contributed by atoms with van der Waals surface area (Å²) in [6.07, 6.45) is 1.01. The highest BCUT2D eigenvalue weighted by Gasteiger charge is 2.13. The zero-order valence-electron chi connectivity index (χ0n) is 13.1. The van der Waals surface area contributed by atoms with Crippen LogP contribution < -0.4 is 10.2 Å². The fourth-order valence-electron chi connectivity index (χ4n) is 2.23. The molecule has 22 heavy (non-hydrogen) atoms. The molecule has 1 heterocycles. The standard InChI is InChI=1S/C15H21N5OS/c1-19(2)10-6-9-16-15(22)18-17-13-11-7-4-5-8-12(11)20(3)14(13)21/h4-5,7-8,21H,6,9-10H2,1-3H3,(H,16,22)/p+1. The number of hydrogen-bond donors (Lipinski definition) is 3. The highest BCUT2D eigenvalue weighted by atomic mass is 32.1. The number of nitrogens with one attached hydrogen (secondary N) is 2. The molecular weight excluding hydrogens is 298 g/mol. The van der Waals surface area contributed by atoms with E-state index in [1.165, 1.54) is 4.90 Å². The molecule has 0 saturated carbocycles. The van der Waals surface area contributed by atoms with Gasteiger partial charge in [-0.15, -0.1) is 10.2 Å². The van der Waals surface area contributed by atoms with Crippen molar-refractivity contribution in [2.75, 3.05) is 27.2 Å². The van der Waals surface area contributed by atoms with Gasteiger partial charge in [-0.3, -0.25) is 0 Å². The summed E-state index contributed by atoms with van der Waals surface area (Å²) in [4.78, 5) is 1.40. The third-order valence-electron chi connectivity index (χ3n) is 3.42. The van der Waals surface area contributed by atoms with Gasteiger partial charge in [0.2, 0.25) is 11.0 Å². The van der Waals surface area contributed by atoms with E-state index < -0.39 is 0 Å². The molecule has 0 aliphatic heterocycles. The van der Waals surface area contributed by atoms with Crippen LogP contribution in [0.1, 0.15) is 6.42 Å². The Labute approximate surface area is 135 Å². The van der Waals surface area contributed by atoms with Crippen molar-refractivity contribution in [1.82, 2.24) is 9.88 Å². The quantitative estimate of drug-likeness (QED) is 0.443. The number of nitrogens with zero attached hydrogens (tertiary/aromatic N) is 3. The van der Waals surface area contributed by atoms with Crippen LogP contribution in [0.4, 0.5) is 5.69 Å². The van der Waals surface area contributed by atoms with Gasteiger partial charge in [-0.25, -0.2) is 0 Å². The molecule has 0 amide bonds. The number of quaternary nitrogens is 1.